The molecule has 0 aliphatic rings. The summed E-state index contributed by atoms with van der Waals surface area (Å²) < 4.78 is 0. The number of benzene rings is 1. The quantitative estimate of drug-likeness (QED) is 0.886. The van der Waals surface area contributed by atoms with E-state index in [0.717, 1.165) is 5.56 Å². The minimum atomic E-state index is 0.211. The third kappa shape index (κ3) is 2.90. The van der Waals surface area contributed by atoms with Gasteiger partial charge in [-0.05, 0) is 24.1 Å². The molecular formula is C11H11ClN4. The van der Waals surface area contributed by atoms with Crippen molar-refractivity contribution in [2.75, 3.05) is 5.32 Å². The fraction of sp³-hybridized carbons (Fsp3) is 0.182. The minimum Gasteiger partial charge on any atom is -0.350 e. The molecule has 2 aromatic rings. The van der Waals surface area contributed by atoms with Crippen molar-refractivity contribution in [3.63, 3.8) is 0 Å². The predicted molar refractivity (Wildman–Crippen MR) is 63.3 cm³/mol. The van der Waals surface area contributed by atoms with E-state index in [-0.39, 0.29) is 5.28 Å². The Kier molecular flexibility index (Phi) is 3.31. The summed E-state index contributed by atoms with van der Waals surface area (Å²) in [5, 5.41) is 3.31. The van der Waals surface area contributed by atoms with Crippen molar-refractivity contribution in [3.8, 4) is 0 Å². The highest BCUT2D eigenvalue weighted by Gasteiger charge is 2.00. The second kappa shape index (κ2) is 4.90. The van der Waals surface area contributed by atoms with Crippen LogP contribution in [0.3, 0.4) is 0 Å². The van der Waals surface area contributed by atoms with Gasteiger partial charge in [0, 0.05) is 6.54 Å². The fourth-order valence-electron chi connectivity index (χ4n) is 1.31. The van der Waals surface area contributed by atoms with E-state index in [1.165, 1.54) is 0 Å². The monoisotopic (exact) mass is 234 g/mol. The van der Waals surface area contributed by atoms with E-state index in [1.807, 2.05) is 30.3 Å². The Morgan fingerprint density at radius 3 is 2.56 bits per heavy atom. The Morgan fingerprint density at radius 1 is 1.12 bits per heavy atom. The highest BCUT2D eigenvalue weighted by Crippen LogP contribution is 2.07. The van der Waals surface area contributed by atoms with Gasteiger partial charge in [0.2, 0.25) is 11.2 Å². The van der Waals surface area contributed by atoms with Gasteiger partial charge in [0.1, 0.15) is 5.82 Å². The first kappa shape index (κ1) is 10.8. The molecular weight excluding hydrogens is 224 g/mol. The Labute approximate surface area is 98.7 Å². The molecule has 4 nitrogen and oxygen atoms in total. The molecule has 2 rings (SSSR count). The number of aryl methyl sites for hydroxylation is 1. The van der Waals surface area contributed by atoms with E-state index in [1.54, 1.807) is 6.92 Å². The molecule has 16 heavy (non-hydrogen) atoms. The van der Waals surface area contributed by atoms with Crippen molar-refractivity contribution in [1.29, 1.82) is 0 Å². The SMILES string of the molecule is Cc1nc(Cl)nc(NCc2ccccc2)n1. The van der Waals surface area contributed by atoms with Gasteiger partial charge in [-0.1, -0.05) is 30.3 Å². The predicted octanol–water partition coefficient (Wildman–Crippen LogP) is 2.45. The van der Waals surface area contributed by atoms with Crippen molar-refractivity contribution >= 4 is 17.5 Å². The van der Waals surface area contributed by atoms with Gasteiger partial charge in [-0.2, -0.15) is 9.97 Å². The van der Waals surface area contributed by atoms with E-state index in [9.17, 15) is 0 Å². The van der Waals surface area contributed by atoms with Crippen LogP contribution in [0.4, 0.5) is 5.95 Å². The average Bonchev–Trinajstić information content (AvgIpc) is 2.27. The van der Waals surface area contributed by atoms with Gasteiger partial charge in [-0.15, -0.1) is 0 Å². The van der Waals surface area contributed by atoms with Crippen molar-refractivity contribution in [2.24, 2.45) is 0 Å². The highest BCUT2D eigenvalue weighted by molar-refractivity contribution is 6.28. The van der Waals surface area contributed by atoms with Crippen LogP contribution in [0.5, 0.6) is 0 Å². The Morgan fingerprint density at radius 2 is 1.88 bits per heavy atom. The first-order valence-electron chi connectivity index (χ1n) is 4.90. The highest BCUT2D eigenvalue weighted by atomic mass is 35.5. The van der Waals surface area contributed by atoms with Crippen LogP contribution in [0, 0.1) is 6.92 Å². The van der Waals surface area contributed by atoms with Crippen molar-refractivity contribution in [1.82, 2.24) is 15.0 Å². The molecule has 1 heterocycles. The van der Waals surface area contributed by atoms with Gasteiger partial charge in [0.05, 0.1) is 0 Å². The molecule has 0 spiro atoms. The first-order chi connectivity index (χ1) is 7.74. The number of aromatic nitrogens is 3. The summed E-state index contributed by atoms with van der Waals surface area (Å²) in [4.78, 5) is 12.0. The minimum absolute atomic E-state index is 0.211. The zero-order valence-corrected chi connectivity index (χ0v) is 9.57. The molecule has 1 N–H and O–H groups in total. The molecule has 1 aromatic carbocycles. The lowest BCUT2D eigenvalue weighted by Gasteiger charge is -2.05. The maximum atomic E-state index is 5.73. The maximum Gasteiger partial charge on any atom is 0.227 e. The van der Waals surface area contributed by atoms with Gasteiger partial charge < -0.3 is 5.32 Å². The third-order valence-electron chi connectivity index (χ3n) is 2.01. The summed E-state index contributed by atoms with van der Waals surface area (Å²) >= 11 is 5.73. The van der Waals surface area contributed by atoms with E-state index in [0.29, 0.717) is 18.3 Å². The van der Waals surface area contributed by atoms with E-state index < -0.39 is 0 Å². The molecule has 0 fully saturated rings. The molecule has 0 radical (unpaired) electrons. The first-order valence-corrected chi connectivity index (χ1v) is 5.28. The number of halogens is 1. The lowest BCUT2D eigenvalue weighted by atomic mass is 10.2. The Bertz CT molecular complexity index is 452. The summed E-state index contributed by atoms with van der Waals surface area (Å²) in [7, 11) is 0. The Balaban J connectivity index is 2.05. The maximum absolute atomic E-state index is 5.73. The number of rotatable bonds is 3. The van der Waals surface area contributed by atoms with Crippen LogP contribution < -0.4 is 5.32 Å². The number of anilines is 1. The van der Waals surface area contributed by atoms with E-state index in [4.69, 9.17) is 11.6 Å². The standard InChI is InChI=1S/C11H11ClN4/c1-8-14-10(12)16-11(15-8)13-7-9-5-3-2-4-6-9/h2-6H,7H2,1H3,(H,13,14,15,16). The lowest BCUT2D eigenvalue weighted by molar-refractivity contribution is 0.953. The topological polar surface area (TPSA) is 50.7 Å². The lowest BCUT2D eigenvalue weighted by Crippen LogP contribution is -2.05. The van der Waals surface area contributed by atoms with Crippen LogP contribution in [0.25, 0.3) is 0 Å². The van der Waals surface area contributed by atoms with E-state index >= 15 is 0 Å². The summed E-state index contributed by atoms with van der Waals surface area (Å²) in [6.45, 7) is 2.45. The van der Waals surface area contributed by atoms with E-state index in [2.05, 4.69) is 20.3 Å². The van der Waals surface area contributed by atoms with Crippen LogP contribution in [0.2, 0.25) is 5.28 Å². The summed E-state index contributed by atoms with van der Waals surface area (Å²) in [6, 6.07) is 10.0. The van der Waals surface area contributed by atoms with Gasteiger partial charge in [0.25, 0.3) is 0 Å². The molecule has 1 aromatic heterocycles. The second-order valence-corrected chi connectivity index (χ2v) is 3.65. The molecule has 0 saturated heterocycles. The molecule has 0 unspecified atom stereocenters. The average molecular weight is 235 g/mol. The normalized spacial score (nSPS) is 10.1. The van der Waals surface area contributed by atoms with Gasteiger partial charge in [-0.3, -0.25) is 0 Å². The van der Waals surface area contributed by atoms with Crippen LogP contribution >= 0.6 is 11.6 Å². The summed E-state index contributed by atoms with van der Waals surface area (Å²) in [5.41, 5.74) is 1.16. The largest absolute Gasteiger partial charge is 0.350 e. The summed E-state index contributed by atoms with van der Waals surface area (Å²) in [5.74, 6) is 1.11. The zero-order chi connectivity index (χ0) is 11.4. The fourth-order valence-corrected chi connectivity index (χ4v) is 1.51. The van der Waals surface area contributed by atoms with Crippen LogP contribution in [-0.2, 0) is 6.54 Å². The molecule has 0 atom stereocenters. The smallest absolute Gasteiger partial charge is 0.227 e. The van der Waals surface area contributed by atoms with Crippen molar-refractivity contribution in [2.45, 2.75) is 13.5 Å². The Hall–Kier alpha value is -1.68. The van der Waals surface area contributed by atoms with Crippen LogP contribution in [0.15, 0.2) is 30.3 Å². The zero-order valence-electron chi connectivity index (χ0n) is 8.81. The van der Waals surface area contributed by atoms with Crippen LogP contribution in [0.1, 0.15) is 11.4 Å². The van der Waals surface area contributed by atoms with Crippen LogP contribution in [-0.4, -0.2) is 15.0 Å². The summed E-state index contributed by atoms with van der Waals surface area (Å²) in [6.07, 6.45) is 0. The molecule has 0 aliphatic heterocycles. The second-order valence-electron chi connectivity index (χ2n) is 3.31. The molecule has 0 saturated carbocycles. The molecule has 82 valence electrons. The number of hydrogen-bond acceptors (Lipinski definition) is 4. The van der Waals surface area contributed by atoms with Gasteiger partial charge in [-0.25, -0.2) is 4.98 Å². The van der Waals surface area contributed by atoms with Gasteiger partial charge in [0.15, 0.2) is 0 Å². The van der Waals surface area contributed by atoms with Gasteiger partial charge >= 0.3 is 0 Å². The van der Waals surface area contributed by atoms with Crippen molar-refractivity contribution < 1.29 is 0 Å². The molecule has 0 bridgehead atoms. The number of nitrogens with zero attached hydrogens (tertiary/aromatic N) is 3. The number of hydrogen-bond donors (Lipinski definition) is 1. The molecule has 5 heteroatoms. The van der Waals surface area contributed by atoms with Crippen molar-refractivity contribution in [3.05, 3.63) is 47.0 Å². The third-order valence-corrected chi connectivity index (χ3v) is 2.18. The molecule has 0 aliphatic carbocycles. The molecule has 0 amide bonds. The number of nitrogens with one attached hydrogen (secondary N) is 1.